The normalized spacial score (nSPS) is 11.1. The molecule has 1 aromatic heterocycles. The lowest BCUT2D eigenvalue weighted by Gasteiger charge is -2.07. The first-order chi connectivity index (χ1) is 9.95. The third kappa shape index (κ3) is 2.47. The van der Waals surface area contributed by atoms with Crippen LogP contribution in [0, 0.1) is 25.5 Å². The van der Waals surface area contributed by atoms with E-state index in [0.717, 1.165) is 11.6 Å². The maximum atomic E-state index is 13.9. The maximum Gasteiger partial charge on any atom is 0.164 e. The lowest BCUT2D eigenvalue weighted by atomic mass is 10.1. The highest BCUT2D eigenvalue weighted by molar-refractivity contribution is 6.34. The summed E-state index contributed by atoms with van der Waals surface area (Å²) in [5.41, 5.74) is 2.12. The van der Waals surface area contributed by atoms with E-state index in [0.29, 0.717) is 16.5 Å². The van der Waals surface area contributed by atoms with Crippen molar-refractivity contribution in [3.8, 4) is 11.4 Å². The highest BCUT2D eigenvalue weighted by Gasteiger charge is 2.14. The van der Waals surface area contributed by atoms with Gasteiger partial charge in [-0.1, -0.05) is 23.2 Å². The molecule has 21 heavy (non-hydrogen) atoms. The fourth-order valence-electron chi connectivity index (χ4n) is 2.15. The van der Waals surface area contributed by atoms with Gasteiger partial charge >= 0.3 is 0 Å². The second kappa shape index (κ2) is 5.04. The molecule has 0 aliphatic rings. The molecule has 3 rings (SSSR count). The van der Waals surface area contributed by atoms with Crippen molar-refractivity contribution in [2.24, 2.45) is 0 Å². The van der Waals surface area contributed by atoms with E-state index in [-0.39, 0.29) is 16.5 Å². The van der Waals surface area contributed by atoms with E-state index < -0.39 is 11.6 Å². The van der Waals surface area contributed by atoms with Crippen LogP contribution in [0.3, 0.4) is 0 Å². The zero-order valence-corrected chi connectivity index (χ0v) is 12.2. The largest absolute Gasteiger partial charge is 0.228 e. The van der Waals surface area contributed by atoms with Crippen molar-refractivity contribution in [3.63, 3.8) is 0 Å². The van der Waals surface area contributed by atoms with Crippen molar-refractivity contribution in [3.05, 3.63) is 58.2 Å². The molecule has 0 aliphatic carbocycles. The number of hydrogen-bond donors (Lipinski definition) is 0. The summed E-state index contributed by atoms with van der Waals surface area (Å²) in [4.78, 5) is 8.46. The zero-order valence-electron chi connectivity index (χ0n) is 11.4. The van der Waals surface area contributed by atoms with Crippen LogP contribution < -0.4 is 0 Å². The minimum Gasteiger partial charge on any atom is -0.228 e. The Morgan fingerprint density at radius 1 is 0.952 bits per heavy atom. The molecule has 2 nitrogen and oxygen atoms in total. The van der Waals surface area contributed by atoms with Crippen LogP contribution in [0.2, 0.25) is 5.15 Å². The molecular formula is C16H11ClF2N2. The van der Waals surface area contributed by atoms with Crippen LogP contribution in [0.25, 0.3) is 22.3 Å². The second-order valence-electron chi connectivity index (χ2n) is 4.94. The van der Waals surface area contributed by atoms with Gasteiger partial charge in [0.25, 0.3) is 0 Å². The fraction of sp³-hybridized carbons (Fsp3) is 0.125. The molecule has 5 heteroatoms. The predicted molar refractivity (Wildman–Crippen MR) is 79.4 cm³/mol. The molecule has 106 valence electrons. The number of aryl methyl sites for hydroxylation is 2. The number of aromatic nitrogens is 2. The predicted octanol–water partition coefficient (Wildman–Crippen LogP) is 4.85. The van der Waals surface area contributed by atoms with Crippen molar-refractivity contribution in [2.75, 3.05) is 0 Å². The third-order valence-corrected chi connectivity index (χ3v) is 3.58. The van der Waals surface area contributed by atoms with Gasteiger partial charge in [-0.15, -0.1) is 0 Å². The first-order valence-corrected chi connectivity index (χ1v) is 6.73. The SMILES string of the molecule is Cc1ccc2nc(-c3cc(C)c(F)cc3F)nc(Cl)c2c1. The molecular weight excluding hydrogens is 294 g/mol. The van der Waals surface area contributed by atoms with Crippen molar-refractivity contribution >= 4 is 22.5 Å². The summed E-state index contributed by atoms with van der Waals surface area (Å²) in [5, 5.41) is 0.958. The highest BCUT2D eigenvalue weighted by Crippen LogP contribution is 2.28. The van der Waals surface area contributed by atoms with Crippen LogP contribution in [0.1, 0.15) is 11.1 Å². The molecule has 0 N–H and O–H groups in total. The molecule has 0 bridgehead atoms. The van der Waals surface area contributed by atoms with Gasteiger partial charge in [-0.2, -0.15) is 0 Å². The van der Waals surface area contributed by atoms with Gasteiger partial charge < -0.3 is 0 Å². The van der Waals surface area contributed by atoms with Crippen molar-refractivity contribution in [2.45, 2.75) is 13.8 Å². The van der Waals surface area contributed by atoms with Gasteiger partial charge in [0.05, 0.1) is 11.1 Å². The summed E-state index contributed by atoms with van der Waals surface area (Å²) in [6, 6.07) is 7.78. The van der Waals surface area contributed by atoms with Gasteiger partial charge in [0.1, 0.15) is 16.8 Å². The van der Waals surface area contributed by atoms with E-state index in [9.17, 15) is 8.78 Å². The number of rotatable bonds is 1. The van der Waals surface area contributed by atoms with E-state index in [1.165, 1.54) is 6.07 Å². The molecule has 1 heterocycles. The summed E-state index contributed by atoms with van der Waals surface area (Å²) in [7, 11) is 0. The first-order valence-electron chi connectivity index (χ1n) is 6.35. The number of benzene rings is 2. The Labute approximate surface area is 125 Å². The Balaban J connectivity index is 2.26. The van der Waals surface area contributed by atoms with Gasteiger partial charge in [0.15, 0.2) is 5.82 Å². The average molecular weight is 305 g/mol. The van der Waals surface area contributed by atoms with E-state index >= 15 is 0 Å². The summed E-state index contributed by atoms with van der Waals surface area (Å²) in [5.74, 6) is -1.16. The second-order valence-corrected chi connectivity index (χ2v) is 5.30. The molecule has 0 amide bonds. The van der Waals surface area contributed by atoms with E-state index in [2.05, 4.69) is 9.97 Å². The van der Waals surface area contributed by atoms with Crippen LogP contribution in [-0.2, 0) is 0 Å². The number of fused-ring (bicyclic) bond motifs is 1. The fourth-order valence-corrected chi connectivity index (χ4v) is 2.39. The van der Waals surface area contributed by atoms with Gasteiger partial charge in [0.2, 0.25) is 0 Å². The van der Waals surface area contributed by atoms with Crippen LogP contribution in [-0.4, -0.2) is 9.97 Å². The molecule has 0 fully saturated rings. The smallest absolute Gasteiger partial charge is 0.164 e. The molecule has 0 spiro atoms. The summed E-state index contributed by atoms with van der Waals surface area (Å²) >= 11 is 6.16. The average Bonchev–Trinajstić information content (AvgIpc) is 2.43. The Morgan fingerprint density at radius 2 is 1.71 bits per heavy atom. The highest BCUT2D eigenvalue weighted by atomic mass is 35.5. The summed E-state index contributed by atoms with van der Waals surface area (Å²) < 4.78 is 27.3. The summed E-state index contributed by atoms with van der Waals surface area (Å²) in [6.07, 6.45) is 0. The Hall–Kier alpha value is -2.07. The minimum absolute atomic E-state index is 0.137. The van der Waals surface area contributed by atoms with Gasteiger partial charge in [-0.3, -0.25) is 0 Å². The zero-order chi connectivity index (χ0) is 15.1. The van der Waals surface area contributed by atoms with E-state index in [1.807, 2.05) is 19.1 Å². The topological polar surface area (TPSA) is 25.8 Å². The molecule has 0 radical (unpaired) electrons. The van der Waals surface area contributed by atoms with E-state index in [1.54, 1.807) is 13.0 Å². The third-order valence-electron chi connectivity index (χ3n) is 3.29. The van der Waals surface area contributed by atoms with Crippen LogP contribution in [0.5, 0.6) is 0 Å². The van der Waals surface area contributed by atoms with Crippen molar-refractivity contribution in [1.29, 1.82) is 0 Å². The number of hydrogen-bond acceptors (Lipinski definition) is 2. The minimum atomic E-state index is -0.708. The molecule has 0 atom stereocenters. The Kier molecular flexibility index (Phi) is 3.33. The van der Waals surface area contributed by atoms with Crippen LogP contribution in [0.15, 0.2) is 30.3 Å². The molecule has 0 saturated heterocycles. The monoisotopic (exact) mass is 304 g/mol. The molecule has 0 unspecified atom stereocenters. The maximum absolute atomic E-state index is 13.9. The molecule has 2 aromatic carbocycles. The first kappa shape index (κ1) is 13.9. The van der Waals surface area contributed by atoms with Gasteiger partial charge in [-0.25, -0.2) is 18.7 Å². The van der Waals surface area contributed by atoms with Gasteiger partial charge in [0, 0.05) is 11.5 Å². The lowest BCUT2D eigenvalue weighted by Crippen LogP contribution is -1.97. The standard InChI is InChI=1S/C16H11ClF2N2/c1-8-3-4-14-11(5-8)15(17)21-16(20-14)10-6-9(2)12(18)7-13(10)19/h3-7H,1-2H3. The van der Waals surface area contributed by atoms with Crippen LogP contribution in [0.4, 0.5) is 8.78 Å². The lowest BCUT2D eigenvalue weighted by molar-refractivity contribution is 0.579. The molecule has 3 aromatic rings. The summed E-state index contributed by atoms with van der Waals surface area (Å²) in [6.45, 7) is 3.50. The molecule has 0 saturated carbocycles. The number of halogens is 3. The van der Waals surface area contributed by atoms with Crippen molar-refractivity contribution < 1.29 is 8.78 Å². The number of nitrogens with zero attached hydrogens (tertiary/aromatic N) is 2. The van der Waals surface area contributed by atoms with Crippen LogP contribution >= 0.6 is 11.6 Å². The quantitative estimate of drug-likeness (QED) is 0.601. The van der Waals surface area contributed by atoms with E-state index in [4.69, 9.17) is 11.6 Å². The Morgan fingerprint density at radius 3 is 2.48 bits per heavy atom. The molecule has 0 aliphatic heterocycles. The Bertz CT molecular complexity index is 863. The van der Waals surface area contributed by atoms with Crippen molar-refractivity contribution in [1.82, 2.24) is 9.97 Å². The van der Waals surface area contributed by atoms with Gasteiger partial charge in [-0.05, 0) is 37.6 Å².